The normalized spacial score (nSPS) is 11.8. The molecule has 1 heterocycles. The lowest BCUT2D eigenvalue weighted by molar-refractivity contribution is 0.102. The zero-order chi connectivity index (χ0) is 20.4. The number of amides is 2. The van der Waals surface area contributed by atoms with E-state index in [4.69, 9.17) is 9.47 Å². The Hall–Kier alpha value is -3.80. The van der Waals surface area contributed by atoms with Gasteiger partial charge in [-0.3, -0.25) is 9.59 Å². The minimum absolute atomic E-state index is 0.171. The molecule has 0 spiro atoms. The van der Waals surface area contributed by atoms with E-state index >= 15 is 0 Å². The number of fused-ring (bicyclic) bond motifs is 1. The third-order valence-electron chi connectivity index (χ3n) is 4.87. The van der Waals surface area contributed by atoms with Gasteiger partial charge in [-0.25, -0.2) is 0 Å². The summed E-state index contributed by atoms with van der Waals surface area (Å²) >= 11 is 0. The predicted octanol–water partition coefficient (Wildman–Crippen LogP) is 4.54. The molecule has 29 heavy (non-hydrogen) atoms. The molecule has 0 saturated carbocycles. The summed E-state index contributed by atoms with van der Waals surface area (Å²) in [5.74, 6) is 0.652. The van der Waals surface area contributed by atoms with Crippen LogP contribution in [0.5, 0.6) is 11.5 Å². The molecule has 0 aromatic heterocycles. The zero-order valence-electron chi connectivity index (χ0n) is 16.1. The monoisotopic (exact) mass is 388 g/mol. The molecular weight excluding hydrogens is 368 g/mol. The van der Waals surface area contributed by atoms with Crippen LogP contribution in [0.1, 0.15) is 31.8 Å². The number of benzene rings is 3. The summed E-state index contributed by atoms with van der Waals surface area (Å²) in [7, 11) is 0. The van der Waals surface area contributed by atoms with E-state index in [1.165, 1.54) is 0 Å². The first-order valence-corrected chi connectivity index (χ1v) is 9.20. The van der Waals surface area contributed by atoms with Crippen molar-refractivity contribution in [2.75, 3.05) is 17.4 Å². The van der Waals surface area contributed by atoms with Crippen molar-refractivity contribution in [2.24, 2.45) is 0 Å². The van der Waals surface area contributed by atoms with E-state index in [9.17, 15) is 9.59 Å². The van der Waals surface area contributed by atoms with Gasteiger partial charge in [0.25, 0.3) is 11.8 Å². The summed E-state index contributed by atoms with van der Waals surface area (Å²) in [5.41, 5.74) is 4.24. The van der Waals surface area contributed by atoms with Crippen LogP contribution in [0.2, 0.25) is 0 Å². The van der Waals surface area contributed by atoms with Crippen LogP contribution in [0.15, 0.2) is 60.7 Å². The van der Waals surface area contributed by atoms with Gasteiger partial charge in [0.1, 0.15) is 0 Å². The molecule has 2 amide bonds. The molecule has 3 aromatic rings. The summed E-state index contributed by atoms with van der Waals surface area (Å²) in [6.07, 6.45) is 0. The minimum Gasteiger partial charge on any atom is -0.454 e. The van der Waals surface area contributed by atoms with Crippen molar-refractivity contribution >= 4 is 23.2 Å². The highest BCUT2D eigenvalue weighted by molar-refractivity contribution is 6.09. The lowest BCUT2D eigenvalue weighted by Crippen LogP contribution is -2.16. The van der Waals surface area contributed by atoms with Crippen LogP contribution >= 0.6 is 0 Å². The fourth-order valence-electron chi connectivity index (χ4n) is 3.06. The SMILES string of the molecule is Cc1cccc(NC(=O)c2cccc(C(=O)Nc3ccc4c(c3)OCO4)c2)c1C. The molecule has 4 rings (SSSR count). The Bertz CT molecular complexity index is 1110. The third-order valence-corrected chi connectivity index (χ3v) is 4.87. The Morgan fingerprint density at radius 1 is 0.793 bits per heavy atom. The van der Waals surface area contributed by atoms with Crippen LogP contribution in [0, 0.1) is 13.8 Å². The highest BCUT2D eigenvalue weighted by Crippen LogP contribution is 2.34. The van der Waals surface area contributed by atoms with Gasteiger partial charge in [-0.05, 0) is 61.4 Å². The van der Waals surface area contributed by atoms with Crippen LogP contribution in [0.4, 0.5) is 11.4 Å². The molecule has 146 valence electrons. The number of hydrogen-bond donors (Lipinski definition) is 2. The van der Waals surface area contributed by atoms with Gasteiger partial charge in [-0.2, -0.15) is 0 Å². The summed E-state index contributed by atoms with van der Waals surface area (Å²) in [6, 6.07) is 17.5. The van der Waals surface area contributed by atoms with Gasteiger partial charge in [0, 0.05) is 28.6 Å². The predicted molar refractivity (Wildman–Crippen MR) is 111 cm³/mol. The summed E-state index contributed by atoms with van der Waals surface area (Å²) < 4.78 is 10.6. The van der Waals surface area contributed by atoms with Gasteiger partial charge in [0.15, 0.2) is 11.5 Å². The van der Waals surface area contributed by atoms with E-state index in [2.05, 4.69) is 10.6 Å². The summed E-state index contributed by atoms with van der Waals surface area (Å²) in [5, 5.41) is 5.72. The van der Waals surface area contributed by atoms with Gasteiger partial charge >= 0.3 is 0 Å². The molecular formula is C23H20N2O4. The Morgan fingerprint density at radius 2 is 1.48 bits per heavy atom. The first kappa shape index (κ1) is 18.6. The molecule has 0 aliphatic carbocycles. The van der Waals surface area contributed by atoms with Gasteiger partial charge in [-0.1, -0.05) is 18.2 Å². The first-order valence-electron chi connectivity index (χ1n) is 9.20. The van der Waals surface area contributed by atoms with Crippen LogP contribution in [-0.4, -0.2) is 18.6 Å². The van der Waals surface area contributed by atoms with E-state index < -0.39 is 0 Å². The minimum atomic E-state index is -0.315. The third kappa shape index (κ3) is 3.91. The smallest absolute Gasteiger partial charge is 0.255 e. The molecule has 6 heteroatoms. The number of hydrogen-bond acceptors (Lipinski definition) is 4. The second kappa shape index (κ2) is 7.67. The van der Waals surface area contributed by atoms with Crippen molar-refractivity contribution in [1.82, 2.24) is 0 Å². The number of carbonyl (C=O) groups is 2. The molecule has 3 aromatic carbocycles. The fraction of sp³-hybridized carbons (Fsp3) is 0.130. The van der Waals surface area contributed by atoms with Crippen LogP contribution < -0.4 is 20.1 Å². The first-order chi connectivity index (χ1) is 14.0. The van der Waals surface area contributed by atoms with Gasteiger partial charge in [-0.15, -0.1) is 0 Å². The maximum Gasteiger partial charge on any atom is 0.255 e. The van der Waals surface area contributed by atoms with Crippen molar-refractivity contribution in [2.45, 2.75) is 13.8 Å². The molecule has 0 atom stereocenters. The van der Waals surface area contributed by atoms with E-state index in [-0.39, 0.29) is 18.6 Å². The lowest BCUT2D eigenvalue weighted by Gasteiger charge is -2.11. The summed E-state index contributed by atoms with van der Waals surface area (Å²) in [4.78, 5) is 25.3. The van der Waals surface area contributed by atoms with E-state index in [0.29, 0.717) is 28.3 Å². The lowest BCUT2D eigenvalue weighted by atomic mass is 10.1. The fourth-order valence-corrected chi connectivity index (χ4v) is 3.06. The average Bonchev–Trinajstić information content (AvgIpc) is 3.19. The number of carbonyl (C=O) groups excluding carboxylic acids is 2. The maximum atomic E-state index is 12.7. The number of nitrogens with one attached hydrogen (secondary N) is 2. The van der Waals surface area contributed by atoms with Crippen molar-refractivity contribution in [3.63, 3.8) is 0 Å². The molecule has 0 fully saturated rings. The molecule has 0 bridgehead atoms. The molecule has 1 aliphatic rings. The zero-order valence-corrected chi connectivity index (χ0v) is 16.1. The Morgan fingerprint density at radius 3 is 2.28 bits per heavy atom. The van der Waals surface area contributed by atoms with E-state index in [1.807, 2.05) is 32.0 Å². The van der Waals surface area contributed by atoms with Crippen LogP contribution in [0.3, 0.4) is 0 Å². The molecule has 0 saturated heterocycles. The van der Waals surface area contributed by atoms with E-state index in [1.54, 1.807) is 42.5 Å². The Labute approximate surface area is 168 Å². The highest BCUT2D eigenvalue weighted by atomic mass is 16.7. The largest absolute Gasteiger partial charge is 0.454 e. The number of anilines is 2. The van der Waals surface area contributed by atoms with Crippen molar-refractivity contribution in [3.8, 4) is 11.5 Å². The Balaban J connectivity index is 1.49. The number of rotatable bonds is 4. The second-order valence-corrected chi connectivity index (χ2v) is 6.80. The van der Waals surface area contributed by atoms with Crippen LogP contribution in [0.25, 0.3) is 0 Å². The van der Waals surface area contributed by atoms with Crippen molar-refractivity contribution in [3.05, 3.63) is 82.9 Å². The molecule has 6 nitrogen and oxygen atoms in total. The van der Waals surface area contributed by atoms with Gasteiger partial charge in [0.05, 0.1) is 0 Å². The van der Waals surface area contributed by atoms with Gasteiger partial charge < -0.3 is 20.1 Å². The van der Waals surface area contributed by atoms with Crippen molar-refractivity contribution in [1.29, 1.82) is 0 Å². The van der Waals surface area contributed by atoms with Crippen molar-refractivity contribution < 1.29 is 19.1 Å². The average molecular weight is 388 g/mol. The van der Waals surface area contributed by atoms with Gasteiger partial charge in [0.2, 0.25) is 6.79 Å². The Kier molecular flexibility index (Phi) is 4.91. The topological polar surface area (TPSA) is 76.7 Å². The molecule has 0 unspecified atom stereocenters. The van der Waals surface area contributed by atoms with E-state index in [0.717, 1.165) is 16.8 Å². The molecule has 2 N–H and O–H groups in total. The molecule has 0 radical (unpaired) electrons. The van der Waals surface area contributed by atoms with Crippen LogP contribution in [-0.2, 0) is 0 Å². The number of aryl methyl sites for hydroxylation is 1. The number of ether oxygens (including phenoxy) is 2. The maximum absolute atomic E-state index is 12.7. The molecule has 1 aliphatic heterocycles. The summed E-state index contributed by atoms with van der Waals surface area (Å²) in [6.45, 7) is 4.12. The second-order valence-electron chi connectivity index (χ2n) is 6.80. The highest BCUT2D eigenvalue weighted by Gasteiger charge is 2.16. The quantitative estimate of drug-likeness (QED) is 0.688. The standard InChI is InChI=1S/C23H20N2O4/c1-14-5-3-8-19(15(14)2)25-23(27)17-7-4-6-16(11-17)22(26)24-18-9-10-20-21(12-18)29-13-28-20/h3-12H,13H2,1-2H3,(H,24,26)(H,25,27).